The lowest BCUT2D eigenvalue weighted by atomic mass is 10.1. The van der Waals surface area contributed by atoms with Crippen LogP contribution in [0.4, 0.5) is 0 Å². The normalized spacial score (nSPS) is 13.0. The predicted molar refractivity (Wildman–Crippen MR) is 105 cm³/mol. The van der Waals surface area contributed by atoms with Gasteiger partial charge in [0.25, 0.3) is 0 Å². The van der Waals surface area contributed by atoms with E-state index in [1.165, 1.54) is 7.05 Å². The van der Waals surface area contributed by atoms with Gasteiger partial charge in [0.2, 0.25) is 15.9 Å². The molecule has 148 valence electrons. The minimum absolute atomic E-state index is 0.169. The van der Waals surface area contributed by atoms with E-state index in [9.17, 15) is 13.2 Å². The number of nitrogens with zero attached hydrogens (tertiary/aromatic N) is 4. The monoisotopic (exact) mass is 401 g/mol. The van der Waals surface area contributed by atoms with Gasteiger partial charge in [-0.2, -0.15) is 4.31 Å². The van der Waals surface area contributed by atoms with E-state index in [0.29, 0.717) is 11.5 Å². The van der Waals surface area contributed by atoms with Gasteiger partial charge in [-0.05, 0) is 56.2 Å². The van der Waals surface area contributed by atoms with Crippen molar-refractivity contribution in [3.05, 3.63) is 59.5 Å². The Morgan fingerprint density at radius 3 is 2.64 bits per heavy atom. The number of fused-ring (bicyclic) bond motifs is 1. The SMILES string of the molecule is Cc1ccc(S(=O)(=O)N(C)CC(=O)NC(C)c2nnc3ccccn23)cc1C. The molecule has 1 aromatic carbocycles. The van der Waals surface area contributed by atoms with Crippen LogP contribution < -0.4 is 5.32 Å². The number of aryl methyl sites for hydroxylation is 2. The number of rotatable bonds is 6. The molecule has 3 rings (SSSR count). The van der Waals surface area contributed by atoms with Crippen molar-refractivity contribution in [2.24, 2.45) is 0 Å². The Bertz CT molecular complexity index is 1120. The molecular weight excluding hydrogens is 378 g/mol. The van der Waals surface area contributed by atoms with Crippen LogP contribution in [0.2, 0.25) is 0 Å². The topological polar surface area (TPSA) is 96.7 Å². The van der Waals surface area contributed by atoms with Gasteiger partial charge in [0, 0.05) is 13.2 Å². The van der Waals surface area contributed by atoms with Crippen LogP contribution in [0.3, 0.4) is 0 Å². The maximum atomic E-state index is 12.7. The molecule has 0 saturated heterocycles. The number of benzene rings is 1. The third-order valence-electron chi connectivity index (χ3n) is 4.66. The van der Waals surface area contributed by atoms with Crippen molar-refractivity contribution in [2.75, 3.05) is 13.6 Å². The zero-order valence-corrected chi connectivity index (χ0v) is 17.1. The van der Waals surface area contributed by atoms with Crippen molar-refractivity contribution in [1.82, 2.24) is 24.2 Å². The van der Waals surface area contributed by atoms with Gasteiger partial charge < -0.3 is 5.32 Å². The number of hydrogen-bond acceptors (Lipinski definition) is 5. The molecule has 0 radical (unpaired) electrons. The zero-order valence-electron chi connectivity index (χ0n) is 16.2. The minimum Gasteiger partial charge on any atom is -0.345 e. The molecule has 1 amide bonds. The quantitative estimate of drug-likeness (QED) is 0.680. The van der Waals surface area contributed by atoms with Gasteiger partial charge in [0.05, 0.1) is 17.5 Å². The number of aromatic nitrogens is 3. The largest absolute Gasteiger partial charge is 0.345 e. The molecule has 2 aromatic heterocycles. The fourth-order valence-electron chi connectivity index (χ4n) is 2.85. The molecule has 1 atom stereocenters. The first-order valence-electron chi connectivity index (χ1n) is 8.83. The van der Waals surface area contributed by atoms with E-state index < -0.39 is 22.0 Å². The Morgan fingerprint density at radius 2 is 1.93 bits per heavy atom. The highest BCUT2D eigenvalue weighted by atomic mass is 32.2. The molecule has 0 saturated carbocycles. The van der Waals surface area contributed by atoms with E-state index >= 15 is 0 Å². The molecule has 0 bridgehead atoms. The van der Waals surface area contributed by atoms with Crippen molar-refractivity contribution >= 4 is 21.6 Å². The minimum atomic E-state index is -3.76. The number of amides is 1. The van der Waals surface area contributed by atoms with Crippen molar-refractivity contribution in [1.29, 1.82) is 0 Å². The molecule has 2 heterocycles. The van der Waals surface area contributed by atoms with Gasteiger partial charge >= 0.3 is 0 Å². The van der Waals surface area contributed by atoms with Crippen LogP contribution in [-0.4, -0.2) is 46.8 Å². The lowest BCUT2D eigenvalue weighted by molar-refractivity contribution is -0.121. The summed E-state index contributed by atoms with van der Waals surface area (Å²) in [7, 11) is -2.37. The second kappa shape index (κ2) is 7.69. The second-order valence-electron chi connectivity index (χ2n) is 6.78. The Morgan fingerprint density at radius 1 is 1.18 bits per heavy atom. The van der Waals surface area contributed by atoms with Crippen LogP contribution >= 0.6 is 0 Å². The van der Waals surface area contributed by atoms with Crippen LogP contribution in [0, 0.1) is 13.8 Å². The first kappa shape index (κ1) is 20.0. The van der Waals surface area contributed by atoms with Crippen LogP contribution in [0.1, 0.15) is 29.9 Å². The molecule has 3 aromatic rings. The fourth-order valence-corrected chi connectivity index (χ4v) is 4.06. The van der Waals surface area contributed by atoms with Gasteiger partial charge in [-0.15, -0.1) is 10.2 Å². The Balaban J connectivity index is 1.70. The van der Waals surface area contributed by atoms with E-state index in [2.05, 4.69) is 15.5 Å². The summed E-state index contributed by atoms with van der Waals surface area (Å²) in [6, 6.07) is 10.0. The Labute approximate surface area is 164 Å². The highest BCUT2D eigenvalue weighted by molar-refractivity contribution is 7.89. The van der Waals surface area contributed by atoms with Gasteiger partial charge in [0.1, 0.15) is 0 Å². The molecule has 0 spiro atoms. The second-order valence-corrected chi connectivity index (χ2v) is 8.83. The summed E-state index contributed by atoms with van der Waals surface area (Å²) in [4.78, 5) is 12.6. The van der Waals surface area contributed by atoms with Gasteiger partial charge in [-0.3, -0.25) is 9.20 Å². The Kier molecular flexibility index (Phi) is 5.48. The third-order valence-corrected chi connectivity index (χ3v) is 6.46. The van der Waals surface area contributed by atoms with Gasteiger partial charge in [-0.1, -0.05) is 12.1 Å². The molecular formula is C19H23N5O3S. The average Bonchev–Trinajstić information content (AvgIpc) is 3.08. The summed E-state index contributed by atoms with van der Waals surface area (Å²) in [5.74, 6) is 0.152. The number of likely N-dealkylation sites (N-methyl/N-ethyl adjacent to an activating group) is 1. The van der Waals surface area contributed by atoms with Crippen molar-refractivity contribution in [3.63, 3.8) is 0 Å². The lowest BCUT2D eigenvalue weighted by Crippen LogP contribution is -2.39. The summed E-state index contributed by atoms with van der Waals surface area (Å²) in [5.41, 5.74) is 2.56. The van der Waals surface area contributed by atoms with E-state index in [1.807, 2.05) is 38.2 Å². The Hall–Kier alpha value is -2.78. The third kappa shape index (κ3) is 3.90. The summed E-state index contributed by atoms with van der Waals surface area (Å²) in [6.07, 6.45) is 1.81. The lowest BCUT2D eigenvalue weighted by Gasteiger charge is -2.19. The summed E-state index contributed by atoms with van der Waals surface area (Å²) in [5, 5.41) is 10.9. The molecule has 1 unspecified atom stereocenters. The van der Waals surface area contributed by atoms with Crippen LogP contribution in [0.15, 0.2) is 47.5 Å². The molecule has 0 aliphatic rings. The predicted octanol–water partition coefficient (Wildman–Crippen LogP) is 1.84. The molecule has 0 fully saturated rings. The number of carbonyl (C=O) groups is 1. The molecule has 1 N–H and O–H groups in total. The first-order valence-corrected chi connectivity index (χ1v) is 10.3. The smallest absolute Gasteiger partial charge is 0.243 e. The highest BCUT2D eigenvalue weighted by Crippen LogP contribution is 2.18. The maximum absolute atomic E-state index is 12.7. The highest BCUT2D eigenvalue weighted by Gasteiger charge is 2.24. The van der Waals surface area contributed by atoms with E-state index in [4.69, 9.17) is 0 Å². The van der Waals surface area contributed by atoms with Gasteiger partial charge in [-0.25, -0.2) is 8.42 Å². The molecule has 0 aliphatic heterocycles. The zero-order chi connectivity index (χ0) is 20.5. The average molecular weight is 401 g/mol. The number of hydrogen-bond donors (Lipinski definition) is 1. The van der Waals surface area contributed by atoms with Crippen molar-refractivity contribution < 1.29 is 13.2 Å². The molecule has 28 heavy (non-hydrogen) atoms. The molecule has 8 nitrogen and oxygen atoms in total. The fraction of sp³-hybridized carbons (Fsp3) is 0.316. The number of sulfonamides is 1. The van der Waals surface area contributed by atoms with Gasteiger partial charge in [0.15, 0.2) is 11.5 Å². The standard InChI is InChI=1S/C19H23N5O3S/c1-13-8-9-16(11-14(13)2)28(26,27)23(4)12-18(25)20-15(3)19-22-21-17-7-5-6-10-24(17)19/h5-11,15H,12H2,1-4H3,(H,20,25). The number of pyridine rings is 1. The van der Waals surface area contributed by atoms with Crippen molar-refractivity contribution in [2.45, 2.75) is 31.7 Å². The van der Waals surface area contributed by atoms with Crippen LogP contribution in [-0.2, 0) is 14.8 Å². The summed E-state index contributed by atoms with van der Waals surface area (Å²) < 4.78 is 28.3. The van der Waals surface area contributed by atoms with Crippen molar-refractivity contribution in [3.8, 4) is 0 Å². The first-order chi connectivity index (χ1) is 13.2. The maximum Gasteiger partial charge on any atom is 0.243 e. The number of nitrogens with one attached hydrogen (secondary N) is 1. The summed E-state index contributed by atoms with van der Waals surface area (Å²) in [6.45, 7) is 5.25. The van der Waals surface area contributed by atoms with E-state index in [0.717, 1.165) is 15.4 Å². The van der Waals surface area contributed by atoms with Crippen LogP contribution in [0.25, 0.3) is 5.65 Å². The van der Waals surface area contributed by atoms with E-state index in [1.54, 1.807) is 29.5 Å². The van der Waals surface area contributed by atoms with E-state index in [-0.39, 0.29) is 11.4 Å². The van der Waals surface area contributed by atoms with Crippen LogP contribution in [0.5, 0.6) is 0 Å². The summed E-state index contributed by atoms with van der Waals surface area (Å²) >= 11 is 0. The molecule has 0 aliphatic carbocycles. The molecule has 9 heteroatoms. The number of carbonyl (C=O) groups excluding carboxylic acids is 1.